The van der Waals surface area contributed by atoms with Gasteiger partial charge in [-0.05, 0) is 19.4 Å². The van der Waals surface area contributed by atoms with Crippen LogP contribution in [0.4, 0.5) is 0 Å². The van der Waals surface area contributed by atoms with E-state index >= 15 is 0 Å². The first-order valence-corrected chi connectivity index (χ1v) is 5.92. The van der Waals surface area contributed by atoms with Crippen molar-refractivity contribution in [2.75, 3.05) is 12.4 Å². The molecule has 0 aromatic carbocycles. The predicted molar refractivity (Wildman–Crippen MR) is 64.5 cm³/mol. The highest BCUT2D eigenvalue weighted by Gasteiger charge is 2.10. The predicted octanol–water partition coefficient (Wildman–Crippen LogP) is 2.35. The maximum atomic E-state index is 6.10. The molecule has 1 rings (SSSR count). The van der Waals surface area contributed by atoms with Crippen LogP contribution in [0.15, 0.2) is 0 Å². The molecule has 0 aliphatic heterocycles. The van der Waals surface area contributed by atoms with E-state index in [2.05, 4.69) is 17.3 Å². The molecule has 0 spiro atoms. The van der Waals surface area contributed by atoms with E-state index < -0.39 is 0 Å². The summed E-state index contributed by atoms with van der Waals surface area (Å²) in [6.45, 7) is 5.72. The number of hydrogen-bond acceptors (Lipinski definition) is 2. The third-order valence-electron chi connectivity index (χ3n) is 2.33. The van der Waals surface area contributed by atoms with Crippen LogP contribution in [-0.4, -0.2) is 22.2 Å². The Morgan fingerprint density at radius 3 is 2.67 bits per heavy atom. The van der Waals surface area contributed by atoms with E-state index in [0.717, 1.165) is 24.3 Å². The van der Waals surface area contributed by atoms with Gasteiger partial charge >= 0.3 is 0 Å². The van der Waals surface area contributed by atoms with Crippen LogP contribution in [0.5, 0.6) is 0 Å². The molecule has 0 radical (unpaired) electrons. The van der Waals surface area contributed by atoms with Crippen molar-refractivity contribution in [1.82, 2.24) is 15.1 Å². The van der Waals surface area contributed by atoms with Crippen LogP contribution in [0, 0.1) is 12.8 Å². The summed E-state index contributed by atoms with van der Waals surface area (Å²) in [6.07, 6.45) is 0. The number of alkyl halides is 1. The Morgan fingerprint density at radius 1 is 1.53 bits per heavy atom. The Labute approximate surface area is 101 Å². The Kier molecular flexibility index (Phi) is 4.90. The molecule has 0 saturated carbocycles. The van der Waals surface area contributed by atoms with Crippen LogP contribution in [0.2, 0.25) is 5.15 Å². The van der Waals surface area contributed by atoms with E-state index in [1.807, 2.05) is 14.0 Å². The fourth-order valence-corrected chi connectivity index (χ4v) is 1.72. The van der Waals surface area contributed by atoms with Gasteiger partial charge in [-0.3, -0.25) is 4.68 Å². The van der Waals surface area contributed by atoms with Gasteiger partial charge in [0.05, 0.1) is 5.69 Å². The molecular formula is C10H17Cl2N3. The van der Waals surface area contributed by atoms with Crippen molar-refractivity contribution in [3.8, 4) is 0 Å². The zero-order chi connectivity index (χ0) is 11.4. The molecule has 15 heavy (non-hydrogen) atoms. The highest BCUT2D eigenvalue weighted by Crippen LogP contribution is 2.18. The maximum Gasteiger partial charge on any atom is 0.131 e. The first-order chi connectivity index (χ1) is 7.06. The average molecular weight is 250 g/mol. The van der Waals surface area contributed by atoms with E-state index in [0.29, 0.717) is 17.0 Å². The van der Waals surface area contributed by atoms with Gasteiger partial charge in [-0.25, -0.2) is 0 Å². The minimum absolute atomic E-state index is 0.474. The van der Waals surface area contributed by atoms with Crippen LogP contribution >= 0.6 is 23.2 Å². The fraction of sp³-hybridized carbons (Fsp3) is 0.700. The van der Waals surface area contributed by atoms with Crippen LogP contribution < -0.4 is 5.32 Å². The topological polar surface area (TPSA) is 29.9 Å². The molecule has 3 nitrogen and oxygen atoms in total. The van der Waals surface area contributed by atoms with Gasteiger partial charge in [0.2, 0.25) is 0 Å². The van der Waals surface area contributed by atoms with E-state index in [1.54, 1.807) is 4.68 Å². The first kappa shape index (κ1) is 12.8. The van der Waals surface area contributed by atoms with Crippen LogP contribution in [0.3, 0.4) is 0 Å². The number of aromatic nitrogens is 2. The van der Waals surface area contributed by atoms with Gasteiger partial charge < -0.3 is 5.32 Å². The van der Waals surface area contributed by atoms with Gasteiger partial charge in [0.15, 0.2) is 0 Å². The summed E-state index contributed by atoms with van der Waals surface area (Å²) in [5.41, 5.74) is 2.05. The Balaban J connectivity index is 2.50. The van der Waals surface area contributed by atoms with Crippen molar-refractivity contribution in [2.45, 2.75) is 20.4 Å². The van der Waals surface area contributed by atoms with Gasteiger partial charge in [0, 0.05) is 25.0 Å². The summed E-state index contributed by atoms with van der Waals surface area (Å²) >= 11 is 11.8. The number of hydrogen-bond donors (Lipinski definition) is 1. The third kappa shape index (κ3) is 3.37. The molecule has 0 bridgehead atoms. The SMILES string of the molecule is Cc1nn(C)c(Cl)c1CNCC(C)CCl. The molecule has 1 heterocycles. The molecule has 1 aromatic heterocycles. The number of halogens is 2. The lowest BCUT2D eigenvalue weighted by Crippen LogP contribution is -2.21. The molecule has 86 valence electrons. The summed E-state index contributed by atoms with van der Waals surface area (Å²) in [5, 5.41) is 8.28. The zero-order valence-electron chi connectivity index (χ0n) is 9.35. The second-order valence-electron chi connectivity index (χ2n) is 3.87. The highest BCUT2D eigenvalue weighted by molar-refractivity contribution is 6.30. The Hall–Kier alpha value is -0.250. The van der Waals surface area contributed by atoms with E-state index in [1.165, 1.54) is 0 Å². The Bertz CT molecular complexity index is 323. The van der Waals surface area contributed by atoms with Crippen LogP contribution in [0.1, 0.15) is 18.2 Å². The lowest BCUT2D eigenvalue weighted by molar-refractivity contribution is 0.556. The number of nitrogens with one attached hydrogen (secondary N) is 1. The van der Waals surface area contributed by atoms with E-state index in [-0.39, 0.29) is 0 Å². The molecule has 1 N–H and O–H groups in total. The highest BCUT2D eigenvalue weighted by atomic mass is 35.5. The van der Waals surface area contributed by atoms with Crippen molar-refractivity contribution in [1.29, 1.82) is 0 Å². The summed E-state index contributed by atoms with van der Waals surface area (Å²) in [7, 11) is 1.85. The van der Waals surface area contributed by atoms with Gasteiger partial charge in [0.1, 0.15) is 5.15 Å². The molecule has 0 fully saturated rings. The van der Waals surface area contributed by atoms with Crippen LogP contribution in [-0.2, 0) is 13.6 Å². The standard InChI is InChI=1S/C10H17Cl2N3/c1-7(4-11)5-13-6-9-8(2)14-15(3)10(9)12/h7,13H,4-6H2,1-3H3. The maximum absolute atomic E-state index is 6.10. The molecule has 0 amide bonds. The lowest BCUT2D eigenvalue weighted by Gasteiger charge is -2.08. The van der Waals surface area contributed by atoms with Gasteiger partial charge in [-0.2, -0.15) is 5.10 Å². The second-order valence-corrected chi connectivity index (χ2v) is 4.54. The molecular weight excluding hydrogens is 233 g/mol. The van der Waals surface area contributed by atoms with Crippen molar-refractivity contribution in [3.63, 3.8) is 0 Å². The number of rotatable bonds is 5. The van der Waals surface area contributed by atoms with Gasteiger partial charge in [-0.1, -0.05) is 18.5 Å². The quantitative estimate of drug-likeness (QED) is 0.813. The van der Waals surface area contributed by atoms with Crippen molar-refractivity contribution in [2.24, 2.45) is 13.0 Å². The van der Waals surface area contributed by atoms with E-state index in [4.69, 9.17) is 23.2 Å². The molecule has 5 heteroatoms. The molecule has 1 aromatic rings. The van der Waals surface area contributed by atoms with Crippen molar-refractivity contribution >= 4 is 23.2 Å². The summed E-state index contributed by atoms with van der Waals surface area (Å²) in [4.78, 5) is 0. The van der Waals surface area contributed by atoms with Crippen molar-refractivity contribution in [3.05, 3.63) is 16.4 Å². The molecule has 0 aliphatic rings. The molecule has 1 unspecified atom stereocenters. The molecule has 0 aliphatic carbocycles. The van der Waals surface area contributed by atoms with Crippen molar-refractivity contribution < 1.29 is 0 Å². The smallest absolute Gasteiger partial charge is 0.131 e. The number of aryl methyl sites for hydroxylation is 2. The lowest BCUT2D eigenvalue weighted by atomic mass is 10.2. The fourth-order valence-electron chi connectivity index (χ4n) is 1.37. The van der Waals surface area contributed by atoms with Gasteiger partial charge in [-0.15, -0.1) is 11.6 Å². The summed E-state index contributed by atoms with van der Waals surface area (Å²) in [5.74, 6) is 1.15. The largest absolute Gasteiger partial charge is 0.312 e. The summed E-state index contributed by atoms with van der Waals surface area (Å²) in [6, 6.07) is 0. The average Bonchev–Trinajstić information content (AvgIpc) is 2.44. The first-order valence-electron chi connectivity index (χ1n) is 5.01. The Morgan fingerprint density at radius 2 is 2.20 bits per heavy atom. The molecule has 0 saturated heterocycles. The number of nitrogens with zero attached hydrogens (tertiary/aromatic N) is 2. The van der Waals surface area contributed by atoms with E-state index in [9.17, 15) is 0 Å². The minimum atomic E-state index is 0.474. The summed E-state index contributed by atoms with van der Waals surface area (Å²) < 4.78 is 1.69. The normalized spacial score (nSPS) is 13.1. The molecule has 1 atom stereocenters. The monoisotopic (exact) mass is 249 g/mol. The van der Waals surface area contributed by atoms with Gasteiger partial charge in [0.25, 0.3) is 0 Å². The second kappa shape index (κ2) is 5.73. The zero-order valence-corrected chi connectivity index (χ0v) is 10.9. The minimum Gasteiger partial charge on any atom is -0.312 e. The van der Waals surface area contributed by atoms with Crippen LogP contribution in [0.25, 0.3) is 0 Å². The third-order valence-corrected chi connectivity index (χ3v) is 3.33.